The Kier molecular flexibility index (Phi) is 5.00. The van der Waals surface area contributed by atoms with Crippen molar-refractivity contribution < 1.29 is 9.53 Å². The molecule has 0 bridgehead atoms. The van der Waals surface area contributed by atoms with E-state index in [2.05, 4.69) is 29.8 Å². The lowest BCUT2D eigenvalue weighted by Crippen LogP contribution is -2.05. The van der Waals surface area contributed by atoms with Crippen LogP contribution >= 0.6 is 15.9 Å². The van der Waals surface area contributed by atoms with Gasteiger partial charge in [0.05, 0.1) is 12.2 Å². The van der Waals surface area contributed by atoms with Crippen molar-refractivity contribution in [2.24, 2.45) is 5.92 Å². The molecular formula is C13H17BrO2. The maximum Gasteiger partial charge on any atom is 0.163 e. The molecule has 0 aliphatic heterocycles. The van der Waals surface area contributed by atoms with Crippen molar-refractivity contribution in [3.8, 4) is 5.75 Å². The summed E-state index contributed by atoms with van der Waals surface area (Å²) in [5.41, 5.74) is 0.645. The molecule has 0 spiro atoms. The summed E-state index contributed by atoms with van der Waals surface area (Å²) in [6.45, 7) is 6.50. The van der Waals surface area contributed by atoms with Gasteiger partial charge in [0.2, 0.25) is 0 Å². The van der Waals surface area contributed by atoms with Gasteiger partial charge in [-0.1, -0.05) is 29.8 Å². The van der Waals surface area contributed by atoms with Crippen LogP contribution in [0.15, 0.2) is 22.7 Å². The number of halogens is 1. The number of benzene rings is 1. The van der Waals surface area contributed by atoms with E-state index in [0.717, 1.165) is 10.9 Å². The molecule has 0 heterocycles. The number of hydrogen-bond donors (Lipinski definition) is 0. The number of ketones is 1. The van der Waals surface area contributed by atoms with Gasteiger partial charge < -0.3 is 4.74 Å². The Labute approximate surface area is 105 Å². The fourth-order valence-electron chi connectivity index (χ4n) is 1.31. The van der Waals surface area contributed by atoms with E-state index in [4.69, 9.17) is 4.74 Å². The molecule has 0 aromatic heterocycles. The molecule has 0 amide bonds. The lowest BCUT2D eigenvalue weighted by atomic mass is 10.1. The first-order chi connectivity index (χ1) is 7.50. The van der Waals surface area contributed by atoms with Crippen molar-refractivity contribution in [3.63, 3.8) is 0 Å². The van der Waals surface area contributed by atoms with Crippen LogP contribution in [0.3, 0.4) is 0 Å². The van der Waals surface area contributed by atoms with E-state index >= 15 is 0 Å². The van der Waals surface area contributed by atoms with E-state index in [-0.39, 0.29) is 5.78 Å². The van der Waals surface area contributed by atoms with Crippen LogP contribution in [-0.4, -0.2) is 12.4 Å². The number of carbonyl (C=O) groups excluding carboxylic acids is 1. The van der Waals surface area contributed by atoms with Gasteiger partial charge in [-0.25, -0.2) is 0 Å². The zero-order valence-corrected chi connectivity index (χ0v) is 11.5. The third kappa shape index (κ3) is 3.97. The third-order valence-corrected chi connectivity index (χ3v) is 2.77. The summed E-state index contributed by atoms with van der Waals surface area (Å²) in [5, 5.41) is 0. The Morgan fingerprint density at radius 2 is 2.12 bits per heavy atom. The normalized spacial score (nSPS) is 10.6. The van der Waals surface area contributed by atoms with Crippen molar-refractivity contribution >= 4 is 21.7 Å². The van der Waals surface area contributed by atoms with Crippen molar-refractivity contribution in [1.29, 1.82) is 0 Å². The smallest absolute Gasteiger partial charge is 0.163 e. The van der Waals surface area contributed by atoms with Gasteiger partial charge in [0, 0.05) is 4.47 Å². The van der Waals surface area contributed by atoms with Crippen LogP contribution in [0.2, 0.25) is 0 Å². The van der Waals surface area contributed by atoms with Gasteiger partial charge >= 0.3 is 0 Å². The van der Waals surface area contributed by atoms with Crippen LogP contribution in [0.1, 0.15) is 37.6 Å². The number of Topliss-reactive ketones (excluding diaryl/α,β-unsaturated/α-hetero) is 1. The molecule has 2 nitrogen and oxygen atoms in total. The van der Waals surface area contributed by atoms with Crippen LogP contribution in [0, 0.1) is 5.92 Å². The molecule has 0 saturated carbocycles. The quantitative estimate of drug-likeness (QED) is 0.762. The minimum absolute atomic E-state index is 0.0343. The summed E-state index contributed by atoms with van der Waals surface area (Å²) in [6.07, 6.45) is 0.990. The van der Waals surface area contributed by atoms with Crippen molar-refractivity contribution in [2.45, 2.75) is 27.2 Å². The van der Waals surface area contributed by atoms with Crippen molar-refractivity contribution in [2.75, 3.05) is 6.61 Å². The minimum Gasteiger partial charge on any atom is -0.493 e. The predicted molar refractivity (Wildman–Crippen MR) is 69.1 cm³/mol. The maximum atomic E-state index is 11.4. The van der Waals surface area contributed by atoms with Gasteiger partial charge in [0.1, 0.15) is 5.75 Å². The van der Waals surface area contributed by atoms with E-state index < -0.39 is 0 Å². The van der Waals surface area contributed by atoms with Gasteiger partial charge in [-0.2, -0.15) is 0 Å². The van der Waals surface area contributed by atoms with Crippen LogP contribution in [0.25, 0.3) is 0 Å². The maximum absolute atomic E-state index is 11.4. The lowest BCUT2D eigenvalue weighted by Gasteiger charge is -2.11. The van der Waals surface area contributed by atoms with E-state index in [1.165, 1.54) is 0 Å². The second-order valence-electron chi connectivity index (χ2n) is 4.23. The second kappa shape index (κ2) is 6.04. The van der Waals surface area contributed by atoms with Gasteiger partial charge in [-0.15, -0.1) is 0 Å². The first-order valence-electron chi connectivity index (χ1n) is 5.44. The molecule has 0 radical (unpaired) electrons. The largest absolute Gasteiger partial charge is 0.493 e. The standard InChI is InChI=1S/C13H17BrO2/c1-9(2)6-7-16-13-8-11(14)4-5-12(13)10(3)15/h4-5,8-9H,6-7H2,1-3H3. The molecule has 3 heteroatoms. The molecule has 1 aromatic carbocycles. The average molecular weight is 285 g/mol. The summed E-state index contributed by atoms with van der Waals surface area (Å²) in [6, 6.07) is 5.49. The highest BCUT2D eigenvalue weighted by molar-refractivity contribution is 9.10. The zero-order valence-electron chi connectivity index (χ0n) is 9.92. The Morgan fingerprint density at radius 1 is 1.44 bits per heavy atom. The van der Waals surface area contributed by atoms with Gasteiger partial charge in [-0.3, -0.25) is 4.79 Å². The van der Waals surface area contributed by atoms with Gasteiger partial charge in [0.25, 0.3) is 0 Å². The van der Waals surface area contributed by atoms with Crippen LogP contribution < -0.4 is 4.74 Å². The van der Waals surface area contributed by atoms with Gasteiger partial charge in [0.15, 0.2) is 5.78 Å². The van der Waals surface area contributed by atoms with Gasteiger partial charge in [-0.05, 0) is 37.5 Å². The monoisotopic (exact) mass is 284 g/mol. The molecule has 16 heavy (non-hydrogen) atoms. The van der Waals surface area contributed by atoms with Crippen LogP contribution in [0.4, 0.5) is 0 Å². The molecule has 0 fully saturated rings. The van der Waals surface area contributed by atoms with E-state index in [1.807, 2.05) is 12.1 Å². The van der Waals surface area contributed by atoms with Crippen molar-refractivity contribution in [3.05, 3.63) is 28.2 Å². The molecule has 0 saturated heterocycles. The summed E-state index contributed by atoms with van der Waals surface area (Å²) in [4.78, 5) is 11.4. The molecular weight excluding hydrogens is 268 g/mol. The third-order valence-electron chi connectivity index (χ3n) is 2.28. The molecule has 88 valence electrons. The highest BCUT2D eigenvalue weighted by Gasteiger charge is 2.09. The Morgan fingerprint density at radius 3 is 2.69 bits per heavy atom. The fourth-order valence-corrected chi connectivity index (χ4v) is 1.65. The molecule has 0 unspecified atom stereocenters. The highest BCUT2D eigenvalue weighted by atomic mass is 79.9. The molecule has 0 aliphatic carbocycles. The zero-order chi connectivity index (χ0) is 12.1. The SMILES string of the molecule is CC(=O)c1ccc(Br)cc1OCCC(C)C. The Balaban J connectivity index is 2.76. The Hall–Kier alpha value is -0.830. The lowest BCUT2D eigenvalue weighted by molar-refractivity contribution is 0.101. The second-order valence-corrected chi connectivity index (χ2v) is 5.14. The summed E-state index contributed by atoms with van der Waals surface area (Å²) in [5.74, 6) is 1.31. The summed E-state index contributed by atoms with van der Waals surface area (Å²) < 4.78 is 6.57. The summed E-state index contributed by atoms with van der Waals surface area (Å²) in [7, 11) is 0. The number of hydrogen-bond acceptors (Lipinski definition) is 2. The first-order valence-corrected chi connectivity index (χ1v) is 6.23. The average Bonchev–Trinajstić information content (AvgIpc) is 2.16. The number of ether oxygens (including phenoxy) is 1. The minimum atomic E-state index is 0.0343. The molecule has 0 N–H and O–H groups in total. The fraction of sp³-hybridized carbons (Fsp3) is 0.462. The topological polar surface area (TPSA) is 26.3 Å². The first kappa shape index (κ1) is 13.2. The molecule has 1 rings (SSSR count). The highest BCUT2D eigenvalue weighted by Crippen LogP contribution is 2.24. The number of carbonyl (C=O) groups is 1. The van der Waals surface area contributed by atoms with Crippen molar-refractivity contribution in [1.82, 2.24) is 0 Å². The molecule has 0 atom stereocenters. The van der Waals surface area contributed by atoms with E-state index in [9.17, 15) is 4.79 Å². The summed E-state index contributed by atoms with van der Waals surface area (Å²) >= 11 is 3.37. The van der Waals surface area contributed by atoms with E-state index in [1.54, 1.807) is 13.0 Å². The van der Waals surface area contributed by atoms with E-state index in [0.29, 0.717) is 23.8 Å². The molecule has 1 aromatic rings. The number of rotatable bonds is 5. The Bertz CT molecular complexity index is 372. The molecule has 0 aliphatic rings. The van der Waals surface area contributed by atoms with Crippen LogP contribution in [-0.2, 0) is 0 Å². The van der Waals surface area contributed by atoms with Crippen LogP contribution in [0.5, 0.6) is 5.75 Å². The predicted octanol–water partition coefficient (Wildman–Crippen LogP) is 4.08.